The molecule has 2 rings (SSSR count). The molecule has 1 saturated heterocycles. The average molecular weight is 246 g/mol. The summed E-state index contributed by atoms with van der Waals surface area (Å²) in [6, 6.07) is 6.91. The zero-order chi connectivity index (χ0) is 13.0. The van der Waals surface area contributed by atoms with Crippen molar-refractivity contribution < 1.29 is 0 Å². The molecule has 0 unspecified atom stereocenters. The summed E-state index contributed by atoms with van der Waals surface area (Å²) < 4.78 is 0. The Balaban J connectivity index is 2.15. The lowest BCUT2D eigenvalue weighted by Crippen LogP contribution is -2.33. The van der Waals surface area contributed by atoms with E-state index in [2.05, 4.69) is 42.3 Å². The van der Waals surface area contributed by atoms with Gasteiger partial charge in [0.1, 0.15) is 0 Å². The second-order valence-electron chi connectivity index (χ2n) is 5.66. The van der Waals surface area contributed by atoms with E-state index in [4.69, 9.17) is 0 Å². The number of likely N-dealkylation sites (N-methyl/N-ethyl adjacent to an activating group) is 1. The maximum atomic E-state index is 3.25. The summed E-state index contributed by atoms with van der Waals surface area (Å²) in [5.41, 5.74) is 4.33. The number of nitrogens with one attached hydrogen (secondary N) is 1. The van der Waals surface area contributed by atoms with Gasteiger partial charge in [-0.2, -0.15) is 0 Å². The highest BCUT2D eigenvalue weighted by molar-refractivity contribution is 5.55. The van der Waals surface area contributed by atoms with Crippen molar-refractivity contribution >= 4 is 5.69 Å². The van der Waals surface area contributed by atoms with Crippen LogP contribution in [0.1, 0.15) is 30.9 Å². The molecule has 2 heteroatoms. The molecule has 2 nitrogen and oxygen atoms in total. The molecule has 18 heavy (non-hydrogen) atoms. The lowest BCUT2D eigenvalue weighted by Gasteiger charge is -2.33. The minimum atomic E-state index is 0.896. The molecule has 0 saturated carbocycles. The summed E-state index contributed by atoms with van der Waals surface area (Å²) in [5, 5.41) is 3.25. The van der Waals surface area contributed by atoms with E-state index in [-0.39, 0.29) is 0 Å². The summed E-state index contributed by atoms with van der Waals surface area (Å²) in [4.78, 5) is 2.57. The van der Waals surface area contributed by atoms with Crippen LogP contribution in [0.25, 0.3) is 0 Å². The van der Waals surface area contributed by atoms with Gasteiger partial charge >= 0.3 is 0 Å². The van der Waals surface area contributed by atoms with Crippen molar-refractivity contribution in [2.45, 2.75) is 33.1 Å². The molecule has 1 aliphatic rings. The first kappa shape index (κ1) is 13.4. The molecule has 1 N–H and O–H groups in total. The van der Waals surface area contributed by atoms with E-state index in [1.54, 1.807) is 0 Å². The summed E-state index contributed by atoms with van der Waals surface area (Å²) in [6.07, 6.45) is 3.79. The van der Waals surface area contributed by atoms with E-state index in [1.165, 1.54) is 42.7 Å². The predicted molar refractivity (Wildman–Crippen MR) is 79.4 cm³/mol. The van der Waals surface area contributed by atoms with E-state index in [0.29, 0.717) is 0 Å². The third kappa shape index (κ3) is 3.26. The van der Waals surface area contributed by atoms with Crippen LogP contribution in [0, 0.1) is 12.8 Å². The van der Waals surface area contributed by atoms with Crippen molar-refractivity contribution in [1.29, 1.82) is 0 Å². The molecule has 1 aromatic rings. The normalized spacial score (nSPS) is 17.2. The minimum Gasteiger partial charge on any atom is -0.371 e. The molecule has 0 atom stereocenters. The van der Waals surface area contributed by atoms with Crippen molar-refractivity contribution in [3.8, 4) is 0 Å². The second kappa shape index (κ2) is 6.24. The van der Waals surface area contributed by atoms with E-state index in [9.17, 15) is 0 Å². The first-order valence-electron chi connectivity index (χ1n) is 7.20. The summed E-state index contributed by atoms with van der Waals surface area (Å²) >= 11 is 0. The van der Waals surface area contributed by atoms with Crippen molar-refractivity contribution in [3.63, 3.8) is 0 Å². The number of piperidine rings is 1. The van der Waals surface area contributed by atoms with Gasteiger partial charge in [0.05, 0.1) is 0 Å². The fraction of sp³-hybridized carbons (Fsp3) is 0.625. The van der Waals surface area contributed by atoms with Crippen LogP contribution >= 0.6 is 0 Å². The van der Waals surface area contributed by atoms with E-state index >= 15 is 0 Å². The van der Waals surface area contributed by atoms with E-state index < -0.39 is 0 Å². The Bertz CT molecular complexity index is 379. The Morgan fingerprint density at radius 3 is 2.67 bits per heavy atom. The Kier molecular flexibility index (Phi) is 4.65. The molecule has 0 spiro atoms. The molecule has 100 valence electrons. The third-order valence-electron chi connectivity index (χ3n) is 4.00. The Hall–Kier alpha value is -1.02. The van der Waals surface area contributed by atoms with Gasteiger partial charge in [0.2, 0.25) is 0 Å². The molecule has 1 heterocycles. The standard InChI is InChI=1S/C16H26N2/c1-13-7-10-18(11-8-13)16-5-4-14(2)12-15(16)6-9-17-3/h4-5,12-13,17H,6-11H2,1-3H3. The maximum absolute atomic E-state index is 3.25. The Labute approximate surface area is 111 Å². The van der Waals surface area contributed by atoms with Crippen LogP contribution in [0.15, 0.2) is 18.2 Å². The molecule has 0 amide bonds. The topological polar surface area (TPSA) is 15.3 Å². The predicted octanol–water partition coefficient (Wildman–Crippen LogP) is 2.99. The molecule has 0 radical (unpaired) electrons. The number of hydrogen-bond acceptors (Lipinski definition) is 2. The largest absolute Gasteiger partial charge is 0.371 e. The van der Waals surface area contributed by atoms with Crippen LogP contribution in [-0.2, 0) is 6.42 Å². The lowest BCUT2D eigenvalue weighted by atomic mass is 9.97. The fourth-order valence-corrected chi connectivity index (χ4v) is 2.73. The Morgan fingerprint density at radius 1 is 1.28 bits per heavy atom. The van der Waals surface area contributed by atoms with Crippen LogP contribution in [0.4, 0.5) is 5.69 Å². The van der Waals surface area contributed by atoms with Crippen molar-refractivity contribution in [2.24, 2.45) is 5.92 Å². The van der Waals surface area contributed by atoms with Gasteiger partial charge in [-0.3, -0.25) is 0 Å². The molecule has 0 bridgehead atoms. The van der Waals surface area contributed by atoms with Gasteiger partial charge < -0.3 is 10.2 Å². The van der Waals surface area contributed by atoms with Gasteiger partial charge in [-0.25, -0.2) is 0 Å². The van der Waals surface area contributed by atoms with E-state index in [1.807, 2.05) is 7.05 Å². The monoisotopic (exact) mass is 246 g/mol. The molecule has 1 aromatic carbocycles. The fourth-order valence-electron chi connectivity index (χ4n) is 2.73. The van der Waals surface area contributed by atoms with Crippen molar-refractivity contribution in [2.75, 3.05) is 31.6 Å². The highest BCUT2D eigenvalue weighted by Crippen LogP contribution is 2.27. The quantitative estimate of drug-likeness (QED) is 0.878. The SMILES string of the molecule is CNCCc1cc(C)ccc1N1CCC(C)CC1. The van der Waals surface area contributed by atoms with Gasteiger partial charge in [0.25, 0.3) is 0 Å². The highest BCUT2D eigenvalue weighted by atomic mass is 15.1. The summed E-state index contributed by atoms with van der Waals surface area (Å²) in [6.45, 7) is 8.05. The van der Waals surface area contributed by atoms with Crippen LogP contribution < -0.4 is 10.2 Å². The number of rotatable bonds is 4. The van der Waals surface area contributed by atoms with Crippen LogP contribution in [0.3, 0.4) is 0 Å². The van der Waals surface area contributed by atoms with Crippen LogP contribution in [0.2, 0.25) is 0 Å². The van der Waals surface area contributed by atoms with Gasteiger partial charge in [-0.15, -0.1) is 0 Å². The summed E-state index contributed by atoms with van der Waals surface area (Å²) in [7, 11) is 2.03. The third-order valence-corrected chi connectivity index (χ3v) is 4.00. The molecule has 0 aliphatic carbocycles. The number of hydrogen-bond donors (Lipinski definition) is 1. The highest BCUT2D eigenvalue weighted by Gasteiger charge is 2.18. The smallest absolute Gasteiger partial charge is 0.0399 e. The molecular weight excluding hydrogens is 220 g/mol. The van der Waals surface area contributed by atoms with Gasteiger partial charge in [-0.1, -0.05) is 24.6 Å². The number of anilines is 1. The summed E-state index contributed by atoms with van der Waals surface area (Å²) in [5.74, 6) is 0.896. The zero-order valence-corrected chi connectivity index (χ0v) is 12.0. The van der Waals surface area contributed by atoms with Gasteiger partial charge in [-0.05, 0) is 57.3 Å². The van der Waals surface area contributed by atoms with Crippen molar-refractivity contribution in [1.82, 2.24) is 5.32 Å². The number of benzene rings is 1. The maximum Gasteiger partial charge on any atom is 0.0399 e. The second-order valence-corrected chi connectivity index (χ2v) is 5.66. The lowest BCUT2D eigenvalue weighted by molar-refractivity contribution is 0.438. The van der Waals surface area contributed by atoms with E-state index in [0.717, 1.165) is 18.9 Å². The van der Waals surface area contributed by atoms with Crippen molar-refractivity contribution in [3.05, 3.63) is 29.3 Å². The molecule has 0 aromatic heterocycles. The van der Waals surface area contributed by atoms with Gasteiger partial charge in [0.15, 0.2) is 0 Å². The van der Waals surface area contributed by atoms with Crippen LogP contribution in [0.5, 0.6) is 0 Å². The molecule has 1 fully saturated rings. The van der Waals surface area contributed by atoms with Crippen LogP contribution in [-0.4, -0.2) is 26.7 Å². The zero-order valence-electron chi connectivity index (χ0n) is 12.0. The number of nitrogens with zero attached hydrogens (tertiary/aromatic N) is 1. The Morgan fingerprint density at radius 2 is 2.00 bits per heavy atom. The first-order valence-corrected chi connectivity index (χ1v) is 7.20. The number of aryl methyl sites for hydroxylation is 1. The molecular formula is C16H26N2. The minimum absolute atomic E-state index is 0.896. The van der Waals surface area contributed by atoms with Gasteiger partial charge in [0, 0.05) is 18.8 Å². The average Bonchev–Trinajstić information content (AvgIpc) is 2.38. The first-order chi connectivity index (χ1) is 8.70. The molecule has 1 aliphatic heterocycles.